The van der Waals surface area contributed by atoms with Crippen molar-refractivity contribution in [3.05, 3.63) is 28.2 Å². The largest absolute Gasteiger partial charge is 0.507 e. The molecule has 4 heteroatoms. The number of carbonyl (C=O) groups is 1. The predicted molar refractivity (Wildman–Crippen MR) is 53.8 cm³/mol. The first kappa shape index (κ1) is 10.1. The maximum atomic E-state index is 11.5. The molecular weight excluding hydrogens is 234 g/mol. The predicted octanol–water partition coefficient (Wildman–Crippen LogP) is 1.86. The van der Waals surface area contributed by atoms with Crippen LogP contribution in [0.15, 0.2) is 22.7 Å². The molecule has 0 saturated heterocycles. The van der Waals surface area contributed by atoms with Gasteiger partial charge in [-0.2, -0.15) is 0 Å². The van der Waals surface area contributed by atoms with E-state index in [0.29, 0.717) is 5.56 Å². The summed E-state index contributed by atoms with van der Waals surface area (Å²) in [6.45, 7) is 0. The summed E-state index contributed by atoms with van der Waals surface area (Å²) in [5.41, 5.74) is 0.305. The molecule has 1 aromatic rings. The van der Waals surface area contributed by atoms with Crippen LogP contribution in [0.25, 0.3) is 0 Å². The highest BCUT2D eigenvalue weighted by Crippen LogP contribution is 2.22. The first-order chi connectivity index (χ1) is 6.02. The van der Waals surface area contributed by atoms with Gasteiger partial charge in [-0.15, -0.1) is 0 Å². The molecular formula is C9H10BrNO2. The summed E-state index contributed by atoms with van der Waals surface area (Å²) in [5.74, 6) is -0.208. The molecule has 70 valence electrons. The van der Waals surface area contributed by atoms with E-state index >= 15 is 0 Å². The number of phenols is 1. The van der Waals surface area contributed by atoms with Crippen LogP contribution in [-0.4, -0.2) is 30.0 Å². The lowest BCUT2D eigenvalue weighted by atomic mass is 10.2. The van der Waals surface area contributed by atoms with Gasteiger partial charge in [0.2, 0.25) is 0 Å². The van der Waals surface area contributed by atoms with E-state index < -0.39 is 0 Å². The lowest BCUT2D eigenvalue weighted by Gasteiger charge is -2.11. The van der Waals surface area contributed by atoms with E-state index in [1.807, 2.05) is 0 Å². The number of carbonyl (C=O) groups excluding carboxylic acids is 1. The van der Waals surface area contributed by atoms with Gasteiger partial charge in [0, 0.05) is 18.6 Å². The van der Waals surface area contributed by atoms with Crippen molar-refractivity contribution in [3.63, 3.8) is 0 Å². The molecule has 0 saturated carbocycles. The van der Waals surface area contributed by atoms with Crippen LogP contribution in [0.2, 0.25) is 0 Å². The quantitative estimate of drug-likeness (QED) is 0.819. The van der Waals surface area contributed by atoms with Gasteiger partial charge >= 0.3 is 0 Å². The Hall–Kier alpha value is -1.03. The fourth-order valence-electron chi connectivity index (χ4n) is 0.920. The molecule has 0 atom stereocenters. The van der Waals surface area contributed by atoms with Crippen LogP contribution in [0.5, 0.6) is 5.75 Å². The summed E-state index contributed by atoms with van der Waals surface area (Å²) in [5, 5.41) is 9.39. The Morgan fingerprint density at radius 2 is 2.08 bits per heavy atom. The fraction of sp³-hybridized carbons (Fsp3) is 0.222. The zero-order chi connectivity index (χ0) is 10.0. The summed E-state index contributed by atoms with van der Waals surface area (Å²) in [4.78, 5) is 12.9. The smallest absolute Gasteiger partial charge is 0.257 e. The standard InChI is InChI=1S/C9H10BrNO2/c1-11(2)9(13)7-5-6(10)3-4-8(7)12/h3-5,12H,1-2H3. The highest BCUT2D eigenvalue weighted by atomic mass is 79.9. The van der Waals surface area contributed by atoms with Crippen LogP contribution < -0.4 is 0 Å². The van der Waals surface area contributed by atoms with E-state index in [9.17, 15) is 9.90 Å². The molecule has 3 nitrogen and oxygen atoms in total. The van der Waals surface area contributed by atoms with Crippen LogP contribution in [0, 0.1) is 0 Å². The Morgan fingerprint density at radius 1 is 1.46 bits per heavy atom. The molecule has 0 aliphatic heterocycles. The van der Waals surface area contributed by atoms with Crippen LogP contribution in [0.1, 0.15) is 10.4 Å². The maximum absolute atomic E-state index is 11.5. The van der Waals surface area contributed by atoms with Gasteiger partial charge in [-0.1, -0.05) is 15.9 Å². The third kappa shape index (κ3) is 2.21. The normalized spacial score (nSPS) is 9.77. The zero-order valence-corrected chi connectivity index (χ0v) is 9.00. The number of phenolic OH excluding ortho intramolecular Hbond substituents is 1. The van der Waals surface area contributed by atoms with Gasteiger partial charge in [-0.05, 0) is 18.2 Å². The van der Waals surface area contributed by atoms with E-state index in [1.54, 1.807) is 26.2 Å². The number of aromatic hydroxyl groups is 1. The van der Waals surface area contributed by atoms with E-state index in [1.165, 1.54) is 11.0 Å². The summed E-state index contributed by atoms with van der Waals surface area (Å²) < 4.78 is 0.774. The molecule has 0 heterocycles. The molecule has 13 heavy (non-hydrogen) atoms. The van der Waals surface area contributed by atoms with Crippen molar-refractivity contribution in [1.82, 2.24) is 4.90 Å². The van der Waals surface area contributed by atoms with Crippen LogP contribution in [-0.2, 0) is 0 Å². The molecule has 0 aliphatic carbocycles. The lowest BCUT2D eigenvalue weighted by Crippen LogP contribution is -2.21. The zero-order valence-electron chi connectivity index (χ0n) is 7.41. The summed E-state index contributed by atoms with van der Waals surface area (Å²) >= 11 is 3.23. The van der Waals surface area contributed by atoms with Crippen molar-refractivity contribution < 1.29 is 9.90 Å². The van der Waals surface area contributed by atoms with Gasteiger partial charge in [-0.3, -0.25) is 4.79 Å². The summed E-state index contributed by atoms with van der Waals surface area (Å²) in [7, 11) is 3.28. The molecule has 1 amide bonds. The average molecular weight is 244 g/mol. The third-order valence-corrected chi connectivity index (χ3v) is 2.09. The molecule has 1 rings (SSSR count). The molecule has 0 radical (unpaired) electrons. The van der Waals surface area contributed by atoms with Gasteiger partial charge in [0.05, 0.1) is 5.56 Å². The molecule has 1 N–H and O–H groups in total. The summed E-state index contributed by atoms with van der Waals surface area (Å²) in [6, 6.07) is 4.76. The Labute approximate surface area is 85.1 Å². The Morgan fingerprint density at radius 3 is 2.62 bits per heavy atom. The van der Waals surface area contributed by atoms with E-state index in [2.05, 4.69) is 15.9 Å². The highest BCUT2D eigenvalue weighted by molar-refractivity contribution is 9.10. The van der Waals surface area contributed by atoms with Crippen LogP contribution in [0.3, 0.4) is 0 Å². The molecule has 0 aromatic heterocycles. The van der Waals surface area contributed by atoms with Crippen LogP contribution in [0.4, 0.5) is 0 Å². The first-order valence-corrected chi connectivity index (χ1v) is 4.52. The molecule has 0 unspecified atom stereocenters. The van der Waals surface area contributed by atoms with E-state index in [-0.39, 0.29) is 11.7 Å². The Bertz CT molecular complexity index is 336. The van der Waals surface area contributed by atoms with Crippen LogP contribution >= 0.6 is 15.9 Å². The van der Waals surface area contributed by atoms with Crippen molar-refractivity contribution in [2.75, 3.05) is 14.1 Å². The second-order valence-corrected chi connectivity index (χ2v) is 3.78. The number of halogens is 1. The molecule has 0 fully saturated rings. The van der Waals surface area contributed by atoms with Crippen molar-refractivity contribution in [2.45, 2.75) is 0 Å². The Kier molecular flexibility index (Phi) is 2.93. The van der Waals surface area contributed by atoms with Crippen molar-refractivity contribution in [1.29, 1.82) is 0 Å². The van der Waals surface area contributed by atoms with Crippen molar-refractivity contribution in [2.24, 2.45) is 0 Å². The average Bonchev–Trinajstić information content (AvgIpc) is 2.08. The number of rotatable bonds is 1. The van der Waals surface area contributed by atoms with Gasteiger partial charge in [0.1, 0.15) is 5.75 Å². The van der Waals surface area contributed by atoms with Gasteiger partial charge in [-0.25, -0.2) is 0 Å². The lowest BCUT2D eigenvalue weighted by molar-refractivity contribution is 0.0824. The summed E-state index contributed by atoms with van der Waals surface area (Å²) in [6.07, 6.45) is 0. The van der Waals surface area contributed by atoms with Gasteiger partial charge in [0.25, 0.3) is 5.91 Å². The maximum Gasteiger partial charge on any atom is 0.257 e. The van der Waals surface area contributed by atoms with Crippen molar-refractivity contribution in [3.8, 4) is 5.75 Å². The second-order valence-electron chi connectivity index (χ2n) is 2.86. The molecule has 0 spiro atoms. The Balaban J connectivity index is 3.13. The topological polar surface area (TPSA) is 40.5 Å². The minimum Gasteiger partial charge on any atom is -0.507 e. The monoisotopic (exact) mass is 243 g/mol. The minimum absolute atomic E-state index is 0.00176. The first-order valence-electron chi connectivity index (χ1n) is 3.72. The van der Waals surface area contributed by atoms with Gasteiger partial charge in [0.15, 0.2) is 0 Å². The van der Waals surface area contributed by atoms with E-state index in [0.717, 1.165) is 4.47 Å². The number of hydrogen-bond donors (Lipinski definition) is 1. The number of benzene rings is 1. The fourth-order valence-corrected chi connectivity index (χ4v) is 1.28. The molecule has 0 aliphatic rings. The second kappa shape index (κ2) is 3.79. The van der Waals surface area contributed by atoms with Crippen molar-refractivity contribution >= 4 is 21.8 Å². The number of nitrogens with zero attached hydrogens (tertiary/aromatic N) is 1. The highest BCUT2D eigenvalue weighted by Gasteiger charge is 2.12. The molecule has 1 aromatic carbocycles. The number of amides is 1. The number of hydrogen-bond acceptors (Lipinski definition) is 2. The van der Waals surface area contributed by atoms with E-state index in [4.69, 9.17) is 0 Å². The SMILES string of the molecule is CN(C)C(=O)c1cc(Br)ccc1O. The molecule has 0 bridgehead atoms. The minimum atomic E-state index is -0.209. The van der Waals surface area contributed by atoms with Gasteiger partial charge < -0.3 is 10.0 Å². The third-order valence-electron chi connectivity index (χ3n) is 1.60.